The van der Waals surface area contributed by atoms with Crippen molar-refractivity contribution < 1.29 is 13.6 Å². The largest absolute Gasteiger partial charge is 0.345 e. The van der Waals surface area contributed by atoms with E-state index in [-0.39, 0.29) is 5.69 Å². The van der Waals surface area contributed by atoms with E-state index < -0.39 is 24.1 Å². The number of aromatic nitrogens is 3. The van der Waals surface area contributed by atoms with Crippen molar-refractivity contribution in [2.45, 2.75) is 32.5 Å². The maximum Gasteiger partial charge on any atom is 0.272 e. The quantitative estimate of drug-likeness (QED) is 0.628. The molecule has 6 nitrogen and oxygen atoms in total. The van der Waals surface area contributed by atoms with Gasteiger partial charge in [-0.15, -0.1) is 0 Å². The van der Waals surface area contributed by atoms with Gasteiger partial charge >= 0.3 is 0 Å². The van der Waals surface area contributed by atoms with Crippen LogP contribution in [0.3, 0.4) is 0 Å². The minimum absolute atomic E-state index is 0.174. The number of nitrogens with zero attached hydrogens (tertiary/aromatic N) is 3. The molecule has 30 heavy (non-hydrogen) atoms. The summed E-state index contributed by atoms with van der Waals surface area (Å²) in [6.45, 7) is 6.12. The van der Waals surface area contributed by atoms with E-state index in [9.17, 15) is 13.6 Å². The van der Waals surface area contributed by atoms with E-state index >= 15 is 0 Å². The summed E-state index contributed by atoms with van der Waals surface area (Å²) in [6, 6.07) is 7.91. The normalized spacial score (nSPS) is 20.0. The molecule has 0 radical (unpaired) electrons. The second kappa shape index (κ2) is 8.47. The van der Waals surface area contributed by atoms with E-state index in [1.807, 2.05) is 0 Å². The summed E-state index contributed by atoms with van der Waals surface area (Å²) in [4.78, 5) is 18.6. The maximum absolute atomic E-state index is 14.7. The van der Waals surface area contributed by atoms with Gasteiger partial charge < -0.3 is 10.2 Å². The van der Waals surface area contributed by atoms with Crippen molar-refractivity contribution in [3.8, 4) is 11.1 Å². The molecule has 8 heteroatoms. The fourth-order valence-electron chi connectivity index (χ4n) is 4.01. The molecular formula is C22H25F2N5O. The Morgan fingerprint density at radius 2 is 2.20 bits per heavy atom. The number of pyridine rings is 1. The molecule has 2 N–H and O–H groups in total. The molecule has 1 saturated heterocycles. The second-order valence-electron chi connectivity index (χ2n) is 8.21. The molecule has 0 unspecified atom stereocenters. The summed E-state index contributed by atoms with van der Waals surface area (Å²) in [5.41, 5.74) is 1.76. The van der Waals surface area contributed by atoms with Gasteiger partial charge in [-0.25, -0.2) is 9.37 Å². The first-order chi connectivity index (χ1) is 14.4. The molecule has 0 saturated carbocycles. The van der Waals surface area contributed by atoms with Crippen LogP contribution in [-0.4, -0.2) is 57.8 Å². The van der Waals surface area contributed by atoms with Crippen LogP contribution >= 0.6 is 0 Å². The van der Waals surface area contributed by atoms with E-state index in [0.717, 1.165) is 13.1 Å². The molecule has 3 aromatic rings. The number of amides is 1. The van der Waals surface area contributed by atoms with Crippen LogP contribution in [0.4, 0.5) is 8.78 Å². The number of carbonyl (C=O) groups is 1. The molecule has 3 heterocycles. The highest BCUT2D eigenvalue weighted by Crippen LogP contribution is 2.27. The minimum atomic E-state index is -1.13. The Kier molecular flexibility index (Phi) is 5.76. The number of carbonyl (C=O) groups excluding carboxylic acids is 1. The third-order valence-electron chi connectivity index (χ3n) is 5.41. The lowest BCUT2D eigenvalue weighted by Crippen LogP contribution is -2.53. The van der Waals surface area contributed by atoms with Crippen LogP contribution in [0.5, 0.6) is 0 Å². The third-order valence-corrected chi connectivity index (χ3v) is 5.41. The minimum Gasteiger partial charge on any atom is -0.345 e. The van der Waals surface area contributed by atoms with Crippen LogP contribution in [0.25, 0.3) is 22.0 Å². The molecule has 1 aliphatic rings. The number of halogens is 2. The van der Waals surface area contributed by atoms with Gasteiger partial charge in [-0.1, -0.05) is 19.9 Å². The van der Waals surface area contributed by atoms with E-state index in [0.29, 0.717) is 40.9 Å². The van der Waals surface area contributed by atoms with Gasteiger partial charge in [-0.3, -0.25) is 9.89 Å². The smallest absolute Gasteiger partial charge is 0.272 e. The molecule has 1 amide bonds. The fraction of sp³-hybridized carbons (Fsp3) is 0.409. The first-order valence-electron chi connectivity index (χ1n) is 10.2. The summed E-state index contributed by atoms with van der Waals surface area (Å²) in [6.07, 6.45) is 0.800. The molecule has 2 atom stereocenters. The number of piperidine rings is 1. The van der Waals surface area contributed by atoms with Crippen LogP contribution in [0.2, 0.25) is 0 Å². The number of nitrogens with one attached hydrogen (secondary N) is 2. The van der Waals surface area contributed by atoms with Gasteiger partial charge in [0.25, 0.3) is 5.91 Å². The highest BCUT2D eigenvalue weighted by atomic mass is 19.1. The van der Waals surface area contributed by atoms with Gasteiger partial charge in [-0.05, 0) is 42.2 Å². The SMILES string of the molecule is CC(C)CN1CC[C@@H](NC(=O)c2n[nH]c3ccc(-c4cccnc4F)cc23)[C@H](F)C1. The van der Waals surface area contributed by atoms with Gasteiger partial charge in [-0.2, -0.15) is 9.49 Å². The van der Waals surface area contributed by atoms with Crippen molar-refractivity contribution in [1.82, 2.24) is 25.4 Å². The molecule has 0 bridgehead atoms. The third kappa shape index (κ3) is 4.18. The number of hydrogen-bond acceptors (Lipinski definition) is 4. The van der Waals surface area contributed by atoms with Gasteiger partial charge in [0, 0.05) is 36.8 Å². The number of alkyl halides is 1. The van der Waals surface area contributed by atoms with Crippen LogP contribution in [0.1, 0.15) is 30.8 Å². The van der Waals surface area contributed by atoms with Crippen LogP contribution in [0.15, 0.2) is 36.5 Å². The van der Waals surface area contributed by atoms with Crippen molar-refractivity contribution in [2.24, 2.45) is 5.92 Å². The zero-order chi connectivity index (χ0) is 21.3. The molecule has 1 aliphatic heterocycles. The molecule has 1 aromatic carbocycles. The van der Waals surface area contributed by atoms with Crippen LogP contribution < -0.4 is 5.32 Å². The average Bonchev–Trinajstić information content (AvgIpc) is 3.13. The summed E-state index contributed by atoms with van der Waals surface area (Å²) in [5, 5.41) is 10.3. The standard InChI is InChI=1S/C22H25F2N5O/c1-13(2)11-29-9-7-19(17(23)12-29)26-22(30)20-16-10-14(5-6-18(16)27-28-20)15-4-3-8-25-21(15)24/h3-6,8,10,13,17,19H,7,9,11-12H2,1-2H3,(H,26,30)(H,27,28)/t17-,19-/m1/s1. The van der Waals surface area contributed by atoms with Gasteiger partial charge in [0.2, 0.25) is 5.95 Å². The molecule has 0 aliphatic carbocycles. The highest BCUT2D eigenvalue weighted by Gasteiger charge is 2.31. The topological polar surface area (TPSA) is 73.9 Å². The fourth-order valence-corrected chi connectivity index (χ4v) is 4.01. The number of rotatable bonds is 5. The van der Waals surface area contributed by atoms with E-state index in [1.165, 1.54) is 6.20 Å². The predicted molar refractivity (Wildman–Crippen MR) is 111 cm³/mol. The van der Waals surface area contributed by atoms with Crippen molar-refractivity contribution in [3.05, 3.63) is 48.2 Å². The Morgan fingerprint density at radius 1 is 1.37 bits per heavy atom. The summed E-state index contributed by atoms with van der Waals surface area (Å²) < 4.78 is 28.7. The van der Waals surface area contributed by atoms with Gasteiger partial charge in [0.05, 0.1) is 11.6 Å². The predicted octanol–water partition coefficient (Wildman–Crippen LogP) is 3.56. The van der Waals surface area contributed by atoms with Crippen molar-refractivity contribution in [3.63, 3.8) is 0 Å². The zero-order valence-corrected chi connectivity index (χ0v) is 17.0. The number of likely N-dealkylation sites (tertiary alicyclic amines) is 1. The number of hydrogen-bond donors (Lipinski definition) is 2. The summed E-state index contributed by atoms with van der Waals surface area (Å²) >= 11 is 0. The number of aromatic amines is 1. The maximum atomic E-state index is 14.7. The van der Waals surface area contributed by atoms with E-state index in [1.54, 1.807) is 30.3 Å². The van der Waals surface area contributed by atoms with E-state index in [2.05, 4.69) is 39.2 Å². The van der Waals surface area contributed by atoms with Crippen LogP contribution in [0, 0.1) is 11.9 Å². The monoisotopic (exact) mass is 413 g/mol. The summed E-state index contributed by atoms with van der Waals surface area (Å²) in [7, 11) is 0. The average molecular weight is 413 g/mol. The van der Waals surface area contributed by atoms with Crippen LogP contribution in [-0.2, 0) is 0 Å². The molecule has 1 fully saturated rings. The lowest BCUT2D eigenvalue weighted by Gasteiger charge is -2.35. The Morgan fingerprint density at radius 3 is 2.93 bits per heavy atom. The molecule has 158 valence electrons. The zero-order valence-electron chi connectivity index (χ0n) is 17.0. The first-order valence-corrected chi connectivity index (χ1v) is 10.2. The van der Waals surface area contributed by atoms with Gasteiger partial charge in [0.1, 0.15) is 6.17 Å². The molecule has 4 rings (SSSR count). The van der Waals surface area contributed by atoms with Crippen molar-refractivity contribution in [2.75, 3.05) is 19.6 Å². The Bertz CT molecular complexity index is 1050. The Labute approximate surface area is 173 Å². The van der Waals surface area contributed by atoms with Gasteiger partial charge in [0.15, 0.2) is 5.69 Å². The molecular weight excluding hydrogens is 388 g/mol. The highest BCUT2D eigenvalue weighted by molar-refractivity contribution is 6.05. The van der Waals surface area contributed by atoms with Crippen molar-refractivity contribution >= 4 is 16.8 Å². The first kappa shape index (κ1) is 20.4. The number of H-pyrrole nitrogens is 1. The van der Waals surface area contributed by atoms with E-state index in [4.69, 9.17) is 0 Å². The molecule has 2 aromatic heterocycles. The van der Waals surface area contributed by atoms with Crippen molar-refractivity contribution in [1.29, 1.82) is 0 Å². The molecule has 0 spiro atoms. The second-order valence-corrected chi connectivity index (χ2v) is 8.21. The Hall–Kier alpha value is -2.87. The number of benzene rings is 1. The Balaban J connectivity index is 1.53. The number of fused-ring (bicyclic) bond motifs is 1. The summed E-state index contributed by atoms with van der Waals surface area (Å²) in [5.74, 6) is -0.549. The lowest BCUT2D eigenvalue weighted by atomic mass is 10.0. The lowest BCUT2D eigenvalue weighted by molar-refractivity contribution is 0.0748.